The SMILES string of the molecule is CC1COC2(c3ccccc3)c3cc(Cl)ccc3-n3nc(C(N)=O)nc3CN12. The van der Waals surface area contributed by atoms with E-state index in [2.05, 4.69) is 21.9 Å². The third kappa shape index (κ3) is 2.33. The van der Waals surface area contributed by atoms with E-state index in [0.717, 1.165) is 16.8 Å². The van der Waals surface area contributed by atoms with E-state index in [1.807, 2.05) is 42.5 Å². The fourth-order valence-electron chi connectivity index (χ4n) is 4.15. The molecule has 8 heteroatoms. The van der Waals surface area contributed by atoms with Crippen LogP contribution in [0.2, 0.25) is 5.02 Å². The molecule has 3 aromatic rings. The van der Waals surface area contributed by atoms with Crippen LogP contribution in [0.1, 0.15) is 34.5 Å². The molecule has 1 saturated heterocycles. The molecule has 1 amide bonds. The van der Waals surface area contributed by atoms with E-state index in [-0.39, 0.29) is 11.9 Å². The van der Waals surface area contributed by atoms with Crippen molar-refractivity contribution in [3.63, 3.8) is 0 Å². The van der Waals surface area contributed by atoms with Gasteiger partial charge in [-0.2, -0.15) is 0 Å². The largest absolute Gasteiger partial charge is 0.363 e. The number of aromatic nitrogens is 3. The summed E-state index contributed by atoms with van der Waals surface area (Å²) >= 11 is 6.40. The Hall–Kier alpha value is -2.74. The number of nitrogens with zero attached hydrogens (tertiary/aromatic N) is 4. The molecule has 3 heterocycles. The summed E-state index contributed by atoms with van der Waals surface area (Å²) in [5.74, 6) is -0.0282. The lowest BCUT2D eigenvalue weighted by molar-refractivity contribution is -0.0585. The maximum Gasteiger partial charge on any atom is 0.288 e. The highest BCUT2D eigenvalue weighted by molar-refractivity contribution is 6.30. The van der Waals surface area contributed by atoms with Gasteiger partial charge in [-0.05, 0) is 25.1 Å². The summed E-state index contributed by atoms with van der Waals surface area (Å²) < 4.78 is 8.16. The lowest BCUT2D eigenvalue weighted by atomic mass is 9.91. The summed E-state index contributed by atoms with van der Waals surface area (Å²) in [5, 5.41) is 4.96. The molecule has 28 heavy (non-hydrogen) atoms. The van der Waals surface area contributed by atoms with Crippen molar-refractivity contribution in [1.82, 2.24) is 19.7 Å². The minimum Gasteiger partial charge on any atom is -0.363 e. The number of hydrogen-bond donors (Lipinski definition) is 1. The van der Waals surface area contributed by atoms with Crippen molar-refractivity contribution in [1.29, 1.82) is 0 Å². The fourth-order valence-corrected chi connectivity index (χ4v) is 4.33. The van der Waals surface area contributed by atoms with Crippen LogP contribution in [0.25, 0.3) is 5.69 Å². The summed E-state index contributed by atoms with van der Waals surface area (Å²) in [4.78, 5) is 18.3. The Labute approximate surface area is 166 Å². The summed E-state index contributed by atoms with van der Waals surface area (Å²) in [6.45, 7) is 3.11. The molecule has 2 aliphatic rings. The van der Waals surface area contributed by atoms with Gasteiger partial charge in [0, 0.05) is 22.2 Å². The van der Waals surface area contributed by atoms with Crippen LogP contribution in [0.15, 0.2) is 48.5 Å². The predicted octanol–water partition coefficient (Wildman–Crippen LogP) is 2.46. The zero-order chi connectivity index (χ0) is 19.5. The number of nitrogens with two attached hydrogens (primary N) is 1. The smallest absolute Gasteiger partial charge is 0.288 e. The Balaban J connectivity index is 1.85. The second-order valence-electron chi connectivity index (χ2n) is 7.09. The topological polar surface area (TPSA) is 86.3 Å². The predicted molar refractivity (Wildman–Crippen MR) is 103 cm³/mol. The van der Waals surface area contributed by atoms with E-state index in [9.17, 15) is 4.79 Å². The maximum absolute atomic E-state index is 11.7. The number of carbonyl (C=O) groups is 1. The highest BCUT2D eigenvalue weighted by Crippen LogP contribution is 2.48. The van der Waals surface area contributed by atoms with Crippen LogP contribution in [0.3, 0.4) is 0 Å². The van der Waals surface area contributed by atoms with Crippen LogP contribution in [-0.2, 0) is 17.0 Å². The Morgan fingerprint density at radius 2 is 2.07 bits per heavy atom. The van der Waals surface area contributed by atoms with Crippen molar-refractivity contribution in [2.24, 2.45) is 5.73 Å². The summed E-state index contributed by atoms with van der Waals surface area (Å²) in [5.41, 5.74) is 7.22. The number of ether oxygens (including phenoxy) is 1. The Bertz CT molecular complexity index is 1080. The van der Waals surface area contributed by atoms with Gasteiger partial charge in [-0.15, -0.1) is 5.10 Å². The van der Waals surface area contributed by atoms with Gasteiger partial charge in [0.15, 0.2) is 5.72 Å². The molecule has 142 valence electrons. The minimum absolute atomic E-state index is 0.00382. The number of carbonyl (C=O) groups excluding carboxylic acids is 1. The van der Waals surface area contributed by atoms with Crippen molar-refractivity contribution in [2.45, 2.75) is 25.2 Å². The van der Waals surface area contributed by atoms with Gasteiger partial charge < -0.3 is 10.5 Å². The van der Waals surface area contributed by atoms with Crippen LogP contribution < -0.4 is 5.73 Å². The third-order valence-electron chi connectivity index (χ3n) is 5.39. The molecule has 2 unspecified atom stereocenters. The monoisotopic (exact) mass is 395 g/mol. The molecule has 0 radical (unpaired) electrons. The van der Waals surface area contributed by atoms with E-state index < -0.39 is 11.6 Å². The molecule has 1 aromatic heterocycles. The first kappa shape index (κ1) is 17.4. The van der Waals surface area contributed by atoms with Crippen molar-refractivity contribution in [3.05, 3.63) is 76.3 Å². The molecular weight excluding hydrogens is 378 g/mol. The van der Waals surface area contributed by atoms with E-state index >= 15 is 0 Å². The van der Waals surface area contributed by atoms with Crippen LogP contribution in [-0.4, -0.2) is 38.2 Å². The Morgan fingerprint density at radius 1 is 1.29 bits per heavy atom. The molecule has 5 rings (SSSR count). The second-order valence-corrected chi connectivity index (χ2v) is 7.52. The summed E-state index contributed by atoms with van der Waals surface area (Å²) in [6.07, 6.45) is 0. The quantitative estimate of drug-likeness (QED) is 0.720. The number of halogens is 1. The average molecular weight is 396 g/mol. The molecule has 0 bridgehead atoms. The van der Waals surface area contributed by atoms with Gasteiger partial charge in [-0.1, -0.05) is 41.9 Å². The van der Waals surface area contributed by atoms with Gasteiger partial charge in [0.25, 0.3) is 5.91 Å². The molecule has 2 atom stereocenters. The van der Waals surface area contributed by atoms with E-state index in [1.54, 1.807) is 10.7 Å². The molecule has 2 N–H and O–H groups in total. The first-order valence-corrected chi connectivity index (χ1v) is 9.41. The van der Waals surface area contributed by atoms with Crippen LogP contribution in [0.5, 0.6) is 0 Å². The zero-order valence-electron chi connectivity index (χ0n) is 15.2. The maximum atomic E-state index is 11.7. The summed E-state index contributed by atoms with van der Waals surface area (Å²) in [6, 6.07) is 15.7. The number of rotatable bonds is 2. The highest BCUT2D eigenvalue weighted by atomic mass is 35.5. The van der Waals surface area contributed by atoms with E-state index in [4.69, 9.17) is 22.1 Å². The van der Waals surface area contributed by atoms with E-state index in [1.165, 1.54) is 0 Å². The molecular formula is C20H18ClN5O2. The Morgan fingerprint density at radius 3 is 2.82 bits per heavy atom. The number of fused-ring (bicyclic) bond motifs is 5. The highest BCUT2D eigenvalue weighted by Gasteiger charge is 2.52. The number of primary amides is 1. The van der Waals surface area contributed by atoms with Gasteiger partial charge in [-0.3, -0.25) is 9.69 Å². The van der Waals surface area contributed by atoms with E-state index in [0.29, 0.717) is 24.0 Å². The van der Waals surface area contributed by atoms with Crippen LogP contribution in [0, 0.1) is 0 Å². The van der Waals surface area contributed by atoms with Gasteiger partial charge >= 0.3 is 0 Å². The fraction of sp³-hybridized carbons (Fsp3) is 0.250. The summed E-state index contributed by atoms with van der Waals surface area (Å²) in [7, 11) is 0. The molecule has 7 nitrogen and oxygen atoms in total. The van der Waals surface area contributed by atoms with Crippen molar-refractivity contribution in [2.75, 3.05) is 6.61 Å². The van der Waals surface area contributed by atoms with Gasteiger partial charge in [-0.25, -0.2) is 9.67 Å². The average Bonchev–Trinajstić information content (AvgIpc) is 3.23. The molecule has 1 fully saturated rings. The lowest BCUT2D eigenvalue weighted by Gasteiger charge is -2.38. The molecule has 0 spiro atoms. The Kier molecular flexibility index (Phi) is 3.80. The van der Waals surface area contributed by atoms with Crippen LogP contribution in [0.4, 0.5) is 0 Å². The van der Waals surface area contributed by atoms with Gasteiger partial charge in [0.2, 0.25) is 5.82 Å². The standard InChI is InChI=1S/C20H18ClN5O2/c1-12-11-28-20(13-5-3-2-4-6-13)15-9-14(21)7-8-16(15)26-17(10-25(12)20)23-19(24-26)18(22)27/h2-9,12H,10-11H2,1H3,(H2,22,27). The van der Waals surface area contributed by atoms with Crippen LogP contribution >= 0.6 is 11.6 Å². The molecule has 0 aliphatic carbocycles. The zero-order valence-corrected chi connectivity index (χ0v) is 15.9. The molecule has 0 saturated carbocycles. The molecule has 2 aromatic carbocycles. The first-order chi connectivity index (χ1) is 13.5. The normalized spacial score (nSPS) is 23.6. The third-order valence-corrected chi connectivity index (χ3v) is 5.63. The lowest BCUT2D eigenvalue weighted by Crippen LogP contribution is -2.45. The van der Waals surface area contributed by atoms with Crippen molar-refractivity contribution < 1.29 is 9.53 Å². The second kappa shape index (κ2) is 6.13. The van der Waals surface area contributed by atoms with Gasteiger partial charge in [0.05, 0.1) is 18.8 Å². The minimum atomic E-state index is -0.823. The number of hydrogen-bond acceptors (Lipinski definition) is 5. The van der Waals surface area contributed by atoms with Gasteiger partial charge in [0.1, 0.15) is 5.82 Å². The number of amides is 1. The van der Waals surface area contributed by atoms with Crippen molar-refractivity contribution >= 4 is 17.5 Å². The first-order valence-electron chi connectivity index (χ1n) is 9.03. The number of benzene rings is 2. The molecule has 2 aliphatic heterocycles. The van der Waals surface area contributed by atoms with Crippen molar-refractivity contribution in [3.8, 4) is 5.69 Å².